The zero-order chi connectivity index (χ0) is 27.5. The van der Waals surface area contributed by atoms with Crippen molar-refractivity contribution >= 4 is 43.4 Å². The number of nitrogen functional groups attached to an aromatic ring is 1. The lowest BCUT2D eigenvalue weighted by Crippen LogP contribution is -2.39. The van der Waals surface area contributed by atoms with Crippen LogP contribution in [0.4, 0.5) is 32.9 Å². The summed E-state index contributed by atoms with van der Waals surface area (Å²) in [6, 6.07) is 2.57. The number of hydrogen-bond donors (Lipinski definition) is 2. The van der Waals surface area contributed by atoms with E-state index in [1.807, 2.05) is 6.92 Å². The average molecular weight is 551 g/mol. The first-order valence-electron chi connectivity index (χ1n) is 11.6. The van der Waals surface area contributed by atoms with Crippen molar-refractivity contribution in [2.75, 3.05) is 24.2 Å². The predicted octanol–water partition coefficient (Wildman–Crippen LogP) is 5.19. The number of benzene rings is 2. The molecule has 3 heterocycles. The maximum Gasteiger partial charge on any atom is 0.417 e. The summed E-state index contributed by atoms with van der Waals surface area (Å²) in [4.78, 5) is 15.6. The highest BCUT2D eigenvalue weighted by Gasteiger charge is 2.39. The molecule has 5 rings (SSSR count). The molecule has 1 unspecified atom stereocenters. The number of nitrogens with zero attached hydrogens (tertiary/aromatic N) is 5. The second-order valence-corrected chi connectivity index (χ2v) is 10.3. The van der Waals surface area contributed by atoms with Crippen LogP contribution < -0.4 is 10.6 Å². The summed E-state index contributed by atoms with van der Waals surface area (Å²) in [6.07, 6.45) is -2.78. The van der Waals surface area contributed by atoms with Gasteiger partial charge in [0.2, 0.25) is 0 Å². The lowest BCUT2D eigenvalue weighted by Gasteiger charge is -2.28. The molecule has 38 heavy (non-hydrogen) atoms. The van der Waals surface area contributed by atoms with E-state index < -0.39 is 35.2 Å². The number of rotatable bonds is 5. The van der Waals surface area contributed by atoms with Crippen molar-refractivity contribution in [1.29, 1.82) is 0 Å². The third kappa shape index (κ3) is 4.24. The first kappa shape index (κ1) is 26.2. The maximum atomic E-state index is 16.1. The number of nitrogens with two attached hydrogens (primary N) is 1. The number of aliphatic hydroxyl groups excluding tert-OH is 1. The topological polar surface area (TPSA) is 91.4 Å². The Morgan fingerprint density at radius 2 is 2.00 bits per heavy atom. The first-order chi connectivity index (χ1) is 17.9. The quantitative estimate of drug-likeness (QED) is 0.261. The van der Waals surface area contributed by atoms with Gasteiger partial charge in [-0.15, -0.1) is 0 Å². The number of hydrogen-bond acceptors (Lipinski definition) is 8. The first-order valence-corrected chi connectivity index (χ1v) is 12.4. The minimum absolute atomic E-state index is 0.0379. The molecule has 13 heteroatoms. The van der Waals surface area contributed by atoms with E-state index >= 15 is 4.39 Å². The number of aromatic nitrogens is 3. The van der Waals surface area contributed by atoms with Crippen LogP contribution in [0.1, 0.15) is 18.9 Å². The Kier molecular flexibility index (Phi) is 6.48. The third-order valence-corrected chi connectivity index (χ3v) is 7.86. The van der Waals surface area contributed by atoms with Crippen LogP contribution in [0.3, 0.4) is 0 Å². The highest BCUT2D eigenvalue weighted by molar-refractivity contribution is 7.22. The van der Waals surface area contributed by atoms with Gasteiger partial charge >= 0.3 is 6.18 Å². The van der Waals surface area contributed by atoms with E-state index in [0.29, 0.717) is 13.0 Å². The molecular formula is C25H23F5N6OS. The van der Waals surface area contributed by atoms with Gasteiger partial charge in [0, 0.05) is 42.2 Å². The summed E-state index contributed by atoms with van der Waals surface area (Å²) in [5.74, 6) is -1.84. The van der Waals surface area contributed by atoms with Gasteiger partial charge in [0.05, 0.1) is 15.8 Å². The number of anilines is 2. The Labute approximate surface area is 218 Å². The molecule has 200 valence electrons. The van der Waals surface area contributed by atoms with E-state index in [4.69, 9.17) is 5.73 Å². The van der Waals surface area contributed by atoms with Gasteiger partial charge in [-0.25, -0.2) is 23.7 Å². The molecule has 0 amide bonds. The molecule has 0 spiro atoms. The zero-order valence-corrected chi connectivity index (χ0v) is 21.1. The number of thiazole rings is 1. The molecule has 3 N–H and O–H groups in total. The van der Waals surface area contributed by atoms with Gasteiger partial charge in [-0.1, -0.05) is 17.9 Å². The van der Waals surface area contributed by atoms with E-state index in [1.54, 1.807) is 16.8 Å². The van der Waals surface area contributed by atoms with Crippen LogP contribution in [0, 0.1) is 11.6 Å². The van der Waals surface area contributed by atoms with Crippen molar-refractivity contribution in [2.24, 2.45) is 0 Å². The Morgan fingerprint density at radius 3 is 2.68 bits per heavy atom. The SMILES string of the molecule is C=CC(O)N1C[C@H](N(C)c2ncnc3c(F)c(-c4ccc(F)c5sc(N)nc45)c(C(F)(F)F)cc23)C[C@H]1C. The van der Waals surface area contributed by atoms with Crippen LogP contribution >= 0.6 is 11.3 Å². The molecule has 1 saturated heterocycles. The Hall–Kier alpha value is -3.42. The molecule has 7 nitrogen and oxygen atoms in total. The molecule has 0 saturated carbocycles. The molecule has 0 aliphatic carbocycles. The number of aliphatic hydroxyl groups is 1. The van der Waals surface area contributed by atoms with Crippen LogP contribution in [-0.2, 0) is 6.18 Å². The van der Waals surface area contributed by atoms with Crippen LogP contribution in [0.2, 0.25) is 0 Å². The Bertz CT molecular complexity index is 1560. The summed E-state index contributed by atoms with van der Waals surface area (Å²) >= 11 is 0.762. The lowest BCUT2D eigenvalue weighted by atomic mass is 9.95. The molecule has 0 radical (unpaired) electrons. The van der Waals surface area contributed by atoms with E-state index in [1.165, 1.54) is 6.08 Å². The van der Waals surface area contributed by atoms with Gasteiger partial charge in [0.15, 0.2) is 10.9 Å². The van der Waals surface area contributed by atoms with Gasteiger partial charge in [-0.3, -0.25) is 4.90 Å². The number of alkyl halides is 3. The number of halogens is 5. The van der Waals surface area contributed by atoms with Crippen LogP contribution in [-0.4, -0.2) is 56.9 Å². The smallest absolute Gasteiger partial charge is 0.375 e. The summed E-state index contributed by atoms with van der Waals surface area (Å²) in [5, 5.41) is 10.0. The summed E-state index contributed by atoms with van der Waals surface area (Å²) in [5.41, 5.74) is 2.91. The number of likely N-dealkylation sites (N-methyl/N-ethyl adjacent to an activating group) is 1. The lowest BCUT2D eigenvalue weighted by molar-refractivity contribution is -0.137. The summed E-state index contributed by atoms with van der Waals surface area (Å²) in [7, 11) is 1.66. The van der Waals surface area contributed by atoms with Crippen molar-refractivity contribution < 1.29 is 27.1 Å². The third-order valence-electron chi connectivity index (χ3n) is 6.97. The average Bonchev–Trinajstić information content (AvgIpc) is 3.46. The minimum atomic E-state index is -4.97. The minimum Gasteiger partial charge on any atom is -0.375 e. The molecule has 2 aromatic carbocycles. The zero-order valence-electron chi connectivity index (χ0n) is 20.3. The van der Waals surface area contributed by atoms with Crippen molar-refractivity contribution in [2.45, 2.75) is 37.8 Å². The van der Waals surface area contributed by atoms with Crippen molar-refractivity contribution in [1.82, 2.24) is 19.9 Å². The van der Waals surface area contributed by atoms with Crippen LogP contribution in [0.15, 0.2) is 37.2 Å². The van der Waals surface area contributed by atoms with E-state index in [9.17, 15) is 22.7 Å². The number of likely N-dealkylation sites (tertiary alicyclic amines) is 1. The van der Waals surface area contributed by atoms with E-state index in [2.05, 4.69) is 21.5 Å². The largest absolute Gasteiger partial charge is 0.417 e. The van der Waals surface area contributed by atoms with Gasteiger partial charge in [-0.05, 0) is 37.6 Å². The molecule has 3 atom stereocenters. The molecule has 0 bridgehead atoms. The molecular weight excluding hydrogens is 527 g/mol. The fourth-order valence-electron chi connectivity index (χ4n) is 5.09. The van der Waals surface area contributed by atoms with Crippen molar-refractivity contribution in [3.05, 3.63) is 54.4 Å². The fourth-order valence-corrected chi connectivity index (χ4v) is 5.86. The van der Waals surface area contributed by atoms with Gasteiger partial charge in [-0.2, -0.15) is 13.2 Å². The highest BCUT2D eigenvalue weighted by Crippen LogP contribution is 2.45. The predicted molar refractivity (Wildman–Crippen MR) is 137 cm³/mol. The van der Waals surface area contributed by atoms with Gasteiger partial charge in [0.25, 0.3) is 0 Å². The van der Waals surface area contributed by atoms with Gasteiger partial charge in [0.1, 0.15) is 29.7 Å². The van der Waals surface area contributed by atoms with E-state index in [0.717, 1.165) is 35.9 Å². The Morgan fingerprint density at radius 1 is 1.26 bits per heavy atom. The standard InChI is InChI=1S/C25H23F5N6OS/c1-4-17(37)36-9-12(7-11(36)2)35(3)23-14-8-15(25(28,29)30)18(19(27)20(14)32-10-33-23)13-5-6-16(26)22-21(13)34-24(31)38-22/h4-6,8,10-12,17,37H,1,7,9H2,2-3H3,(H2,31,34)/t11-,12-,17?/m1/s1. The molecule has 4 aromatic rings. The van der Waals surface area contributed by atoms with Crippen molar-refractivity contribution in [3.63, 3.8) is 0 Å². The van der Waals surface area contributed by atoms with Crippen LogP contribution in [0.25, 0.3) is 32.2 Å². The van der Waals surface area contributed by atoms with E-state index in [-0.39, 0.29) is 49.7 Å². The maximum absolute atomic E-state index is 16.1. The highest BCUT2D eigenvalue weighted by atomic mass is 32.1. The fraction of sp³-hybridized carbons (Fsp3) is 0.320. The normalized spacial score (nSPS) is 19.4. The molecule has 2 aromatic heterocycles. The second-order valence-electron chi connectivity index (χ2n) is 9.22. The molecule has 1 aliphatic heterocycles. The van der Waals surface area contributed by atoms with Gasteiger partial charge < -0.3 is 15.7 Å². The summed E-state index contributed by atoms with van der Waals surface area (Å²) in [6.45, 7) is 5.91. The Balaban J connectivity index is 1.70. The molecule has 1 aliphatic rings. The second kappa shape index (κ2) is 9.40. The van der Waals surface area contributed by atoms with Crippen molar-refractivity contribution in [3.8, 4) is 11.1 Å². The molecule has 1 fully saturated rings. The monoisotopic (exact) mass is 550 g/mol. The summed E-state index contributed by atoms with van der Waals surface area (Å²) < 4.78 is 73.6. The van der Waals surface area contributed by atoms with Crippen LogP contribution in [0.5, 0.6) is 0 Å². The number of fused-ring (bicyclic) bond motifs is 2.